The van der Waals surface area contributed by atoms with Crippen LogP contribution in [0.25, 0.3) is 16.7 Å². The summed E-state index contributed by atoms with van der Waals surface area (Å²) >= 11 is 0. The van der Waals surface area contributed by atoms with Gasteiger partial charge in [-0.25, -0.2) is 8.42 Å². The number of benzene rings is 2. The summed E-state index contributed by atoms with van der Waals surface area (Å²) in [5, 5.41) is 7.80. The molecule has 1 heterocycles. The maximum absolute atomic E-state index is 12.7. The molecule has 0 fully saturated rings. The molecule has 0 amide bonds. The van der Waals surface area contributed by atoms with Crippen LogP contribution in [0.4, 0.5) is 0 Å². The molecule has 0 saturated heterocycles. The zero-order valence-corrected chi connectivity index (χ0v) is 17.2. The van der Waals surface area contributed by atoms with Crippen LogP contribution in [0.3, 0.4) is 0 Å². The lowest BCUT2D eigenvalue weighted by Crippen LogP contribution is -2.44. The molecular formula is C23H25NO4S. The molecule has 0 spiro atoms. The lowest BCUT2D eigenvalue weighted by atomic mass is 9.94. The monoisotopic (exact) mass is 411 g/mol. The highest BCUT2D eigenvalue weighted by Gasteiger charge is 2.37. The molecule has 0 bridgehead atoms. The Labute approximate surface area is 172 Å². The van der Waals surface area contributed by atoms with Crippen LogP contribution in [0.15, 0.2) is 67.3 Å². The minimum atomic E-state index is -3.92. The second-order valence-corrected chi connectivity index (χ2v) is 9.24. The zero-order chi connectivity index (χ0) is 21.0. The van der Waals surface area contributed by atoms with Crippen LogP contribution in [0, 0.1) is 6.92 Å². The van der Waals surface area contributed by atoms with Crippen molar-refractivity contribution in [3.63, 3.8) is 0 Å². The molecule has 0 aromatic heterocycles. The third-order valence-electron chi connectivity index (χ3n) is 5.23. The van der Waals surface area contributed by atoms with Crippen molar-refractivity contribution in [2.24, 2.45) is 0 Å². The Morgan fingerprint density at radius 2 is 1.93 bits per heavy atom. The van der Waals surface area contributed by atoms with Gasteiger partial charge in [-0.2, -0.15) is 4.31 Å². The van der Waals surface area contributed by atoms with Gasteiger partial charge in [0.05, 0.1) is 0 Å². The summed E-state index contributed by atoms with van der Waals surface area (Å²) in [6.07, 6.45) is 3.65. The molecule has 1 N–H and O–H groups in total. The summed E-state index contributed by atoms with van der Waals surface area (Å²) in [7, 11) is -3.92. The van der Waals surface area contributed by atoms with E-state index in [0.717, 1.165) is 22.3 Å². The first-order valence-electron chi connectivity index (χ1n) is 9.52. The SMILES string of the molecule is C=CC[C@@H](C(=O)O)S(=O)(=O)N1CC=C(c2ccc(-c3ccccc3)c(C)c2)CC1. The van der Waals surface area contributed by atoms with Crippen LogP contribution in [0.2, 0.25) is 0 Å². The summed E-state index contributed by atoms with van der Waals surface area (Å²) in [6.45, 7) is 5.99. The molecule has 0 aliphatic carbocycles. The second-order valence-electron chi connectivity index (χ2n) is 7.13. The number of aliphatic carboxylic acids is 1. The Hall–Kier alpha value is -2.70. The van der Waals surface area contributed by atoms with Gasteiger partial charge >= 0.3 is 5.97 Å². The molecule has 0 unspecified atom stereocenters. The summed E-state index contributed by atoms with van der Waals surface area (Å²) in [5.74, 6) is -1.34. The van der Waals surface area contributed by atoms with Gasteiger partial charge in [-0.05, 0) is 47.6 Å². The molecule has 29 heavy (non-hydrogen) atoms. The fraction of sp³-hybridized carbons (Fsp3) is 0.261. The Balaban J connectivity index is 1.80. The van der Waals surface area contributed by atoms with E-state index in [1.165, 1.54) is 15.9 Å². The number of carboxylic acid groups (broad SMARTS) is 1. The van der Waals surface area contributed by atoms with Gasteiger partial charge in [0.25, 0.3) is 0 Å². The fourth-order valence-electron chi connectivity index (χ4n) is 3.63. The molecule has 1 aliphatic heterocycles. The fourth-order valence-corrected chi connectivity index (χ4v) is 5.25. The van der Waals surface area contributed by atoms with E-state index in [9.17, 15) is 18.3 Å². The number of hydrogen-bond acceptors (Lipinski definition) is 3. The predicted octanol–water partition coefficient (Wildman–Crippen LogP) is 4.11. The van der Waals surface area contributed by atoms with Gasteiger partial charge in [0.1, 0.15) is 0 Å². The number of rotatable bonds is 7. The third-order valence-corrected chi connectivity index (χ3v) is 7.39. The molecule has 0 radical (unpaired) electrons. The normalized spacial score (nSPS) is 16.1. The minimum Gasteiger partial charge on any atom is -0.480 e. The summed E-state index contributed by atoms with van der Waals surface area (Å²) < 4.78 is 26.6. The zero-order valence-electron chi connectivity index (χ0n) is 16.4. The molecule has 0 saturated carbocycles. The summed E-state index contributed by atoms with van der Waals surface area (Å²) in [6, 6.07) is 16.4. The van der Waals surface area contributed by atoms with Crippen LogP contribution in [0.5, 0.6) is 0 Å². The van der Waals surface area contributed by atoms with Crippen molar-refractivity contribution in [2.45, 2.75) is 25.0 Å². The van der Waals surface area contributed by atoms with Crippen molar-refractivity contribution in [2.75, 3.05) is 13.1 Å². The first kappa shape index (κ1) is 21.0. The van der Waals surface area contributed by atoms with Gasteiger partial charge < -0.3 is 5.11 Å². The number of aryl methyl sites for hydroxylation is 1. The molecule has 5 nitrogen and oxygen atoms in total. The summed E-state index contributed by atoms with van der Waals surface area (Å²) in [5.41, 5.74) is 5.63. The van der Waals surface area contributed by atoms with Crippen molar-refractivity contribution < 1.29 is 18.3 Å². The van der Waals surface area contributed by atoms with Crippen LogP contribution in [-0.4, -0.2) is 42.1 Å². The average Bonchev–Trinajstić information content (AvgIpc) is 2.72. The van der Waals surface area contributed by atoms with Crippen LogP contribution < -0.4 is 0 Å². The van der Waals surface area contributed by atoms with Crippen molar-refractivity contribution in [1.82, 2.24) is 4.31 Å². The van der Waals surface area contributed by atoms with E-state index in [1.54, 1.807) is 0 Å². The number of sulfonamides is 1. The van der Waals surface area contributed by atoms with Gasteiger partial charge in [-0.3, -0.25) is 4.79 Å². The Morgan fingerprint density at radius 3 is 2.48 bits per heavy atom. The van der Waals surface area contributed by atoms with Crippen molar-refractivity contribution in [3.8, 4) is 11.1 Å². The van der Waals surface area contributed by atoms with E-state index >= 15 is 0 Å². The maximum Gasteiger partial charge on any atom is 0.323 e. The highest BCUT2D eigenvalue weighted by atomic mass is 32.2. The molecule has 2 aromatic rings. The molecule has 1 aliphatic rings. The Bertz CT molecular complexity index is 1040. The van der Waals surface area contributed by atoms with E-state index in [4.69, 9.17) is 0 Å². The number of nitrogens with zero attached hydrogens (tertiary/aromatic N) is 1. The maximum atomic E-state index is 12.7. The first-order chi connectivity index (χ1) is 13.8. The number of allylic oxidation sites excluding steroid dienone is 1. The molecule has 152 valence electrons. The van der Waals surface area contributed by atoms with E-state index in [2.05, 4.69) is 43.8 Å². The second kappa shape index (κ2) is 8.76. The van der Waals surface area contributed by atoms with Gasteiger partial charge in [-0.1, -0.05) is 60.7 Å². The Morgan fingerprint density at radius 1 is 1.21 bits per heavy atom. The number of carbonyl (C=O) groups is 1. The smallest absolute Gasteiger partial charge is 0.323 e. The van der Waals surface area contributed by atoms with E-state index < -0.39 is 21.2 Å². The molecule has 1 atom stereocenters. The van der Waals surface area contributed by atoms with Gasteiger partial charge in [-0.15, -0.1) is 6.58 Å². The number of carboxylic acids is 1. The average molecular weight is 412 g/mol. The van der Waals surface area contributed by atoms with Crippen LogP contribution in [0.1, 0.15) is 24.0 Å². The molecular weight excluding hydrogens is 386 g/mol. The lowest BCUT2D eigenvalue weighted by Gasteiger charge is -2.28. The highest BCUT2D eigenvalue weighted by Crippen LogP contribution is 2.30. The highest BCUT2D eigenvalue weighted by molar-refractivity contribution is 7.90. The molecule has 2 aromatic carbocycles. The number of hydrogen-bond donors (Lipinski definition) is 1. The van der Waals surface area contributed by atoms with E-state index in [-0.39, 0.29) is 19.5 Å². The first-order valence-corrected chi connectivity index (χ1v) is 11.0. The summed E-state index contributed by atoms with van der Waals surface area (Å²) in [4.78, 5) is 11.4. The standard InChI is InChI=1S/C23H25NO4S/c1-3-7-22(23(25)26)29(27,28)24-14-12-18(13-15-24)20-10-11-21(17(2)16-20)19-8-5-4-6-9-19/h3-6,8-12,16,22H,1,7,13-15H2,2H3,(H,25,26)/t22-/m0/s1. The van der Waals surface area contributed by atoms with Crippen molar-refractivity contribution in [3.05, 3.63) is 78.4 Å². The topological polar surface area (TPSA) is 74.7 Å². The van der Waals surface area contributed by atoms with Crippen LogP contribution in [-0.2, 0) is 14.8 Å². The largest absolute Gasteiger partial charge is 0.480 e. The third kappa shape index (κ3) is 4.49. The minimum absolute atomic E-state index is 0.106. The van der Waals surface area contributed by atoms with Gasteiger partial charge in [0.15, 0.2) is 5.25 Å². The predicted molar refractivity (Wildman–Crippen MR) is 116 cm³/mol. The quantitative estimate of drug-likeness (QED) is 0.696. The van der Waals surface area contributed by atoms with Gasteiger partial charge in [0.2, 0.25) is 10.0 Å². The Kier molecular flexibility index (Phi) is 6.35. The van der Waals surface area contributed by atoms with E-state index in [0.29, 0.717) is 6.42 Å². The van der Waals surface area contributed by atoms with Crippen molar-refractivity contribution >= 4 is 21.6 Å². The van der Waals surface area contributed by atoms with Gasteiger partial charge in [0, 0.05) is 13.1 Å². The van der Waals surface area contributed by atoms with Crippen LogP contribution >= 0.6 is 0 Å². The lowest BCUT2D eigenvalue weighted by molar-refractivity contribution is -0.136. The molecule has 6 heteroatoms. The van der Waals surface area contributed by atoms with E-state index in [1.807, 2.05) is 24.3 Å². The molecule has 3 rings (SSSR count). The van der Waals surface area contributed by atoms with Crippen molar-refractivity contribution in [1.29, 1.82) is 0 Å².